The van der Waals surface area contributed by atoms with Crippen LogP contribution < -0.4 is 10.1 Å². The van der Waals surface area contributed by atoms with Crippen LogP contribution in [0.2, 0.25) is 5.02 Å². The van der Waals surface area contributed by atoms with Crippen LogP contribution in [0.4, 0.5) is 4.79 Å². The van der Waals surface area contributed by atoms with Crippen molar-refractivity contribution in [1.29, 1.82) is 5.26 Å². The number of hydrogen-bond donors (Lipinski definition) is 1. The predicted molar refractivity (Wildman–Crippen MR) is 165 cm³/mol. The van der Waals surface area contributed by atoms with E-state index >= 15 is 0 Å². The van der Waals surface area contributed by atoms with Gasteiger partial charge in [0.05, 0.1) is 22.7 Å². The lowest BCUT2D eigenvalue weighted by Crippen LogP contribution is -2.74. The van der Waals surface area contributed by atoms with Crippen molar-refractivity contribution in [2.24, 2.45) is 10.8 Å². The first kappa shape index (κ1) is 32.1. The Morgan fingerprint density at radius 1 is 1.09 bits per heavy atom. The molecule has 2 aliphatic rings. The van der Waals surface area contributed by atoms with E-state index in [0.717, 1.165) is 13.1 Å². The number of carbonyl (C=O) groups is 2. The number of carbonyl (C=O) groups excluding carboxylic acids is 2. The topological polar surface area (TPSA) is 108 Å². The summed E-state index contributed by atoms with van der Waals surface area (Å²) in [6.45, 7) is 17.1. The molecule has 43 heavy (non-hydrogen) atoms. The van der Waals surface area contributed by atoms with Gasteiger partial charge < -0.3 is 19.7 Å². The zero-order chi connectivity index (χ0) is 31.6. The van der Waals surface area contributed by atoms with Crippen molar-refractivity contribution in [1.82, 2.24) is 20.1 Å². The molecule has 228 valence electrons. The molecule has 2 aromatic rings. The highest BCUT2D eigenvalue weighted by Gasteiger charge is 2.64. The summed E-state index contributed by atoms with van der Waals surface area (Å²) >= 11 is 6.20. The van der Waals surface area contributed by atoms with Gasteiger partial charge in [-0.3, -0.25) is 9.69 Å². The molecule has 0 spiro atoms. The van der Waals surface area contributed by atoms with E-state index in [9.17, 15) is 9.59 Å². The molecule has 1 N–H and O–H groups in total. The first-order valence-electron chi connectivity index (χ1n) is 14.4. The first-order valence-corrected chi connectivity index (χ1v) is 14.8. The quantitative estimate of drug-likeness (QED) is 0.471. The van der Waals surface area contributed by atoms with E-state index in [2.05, 4.69) is 60.8 Å². The smallest absolute Gasteiger partial charge is 0.410 e. The van der Waals surface area contributed by atoms with Crippen molar-refractivity contribution < 1.29 is 19.1 Å². The zero-order valence-corrected chi connectivity index (χ0v) is 26.7. The first-order chi connectivity index (χ1) is 20.1. The third-order valence-electron chi connectivity index (χ3n) is 8.00. The monoisotopic (exact) mass is 605 g/mol. The Balaban J connectivity index is 1.29. The Labute approximate surface area is 259 Å². The van der Waals surface area contributed by atoms with Gasteiger partial charge >= 0.3 is 6.09 Å². The summed E-state index contributed by atoms with van der Waals surface area (Å²) in [5, 5.41) is 12.7. The van der Waals surface area contributed by atoms with Gasteiger partial charge in [0.1, 0.15) is 29.2 Å². The minimum atomic E-state index is -0.505. The number of nitriles is 1. The summed E-state index contributed by atoms with van der Waals surface area (Å²) in [4.78, 5) is 33.7. The number of hydrogen-bond acceptors (Lipinski definition) is 7. The number of rotatable bonds is 5. The summed E-state index contributed by atoms with van der Waals surface area (Å²) in [5.74, 6) is 6.60. The Morgan fingerprint density at radius 3 is 2.33 bits per heavy atom. The molecule has 1 aromatic carbocycles. The Hall–Kier alpha value is -3.79. The van der Waals surface area contributed by atoms with E-state index in [-0.39, 0.29) is 35.0 Å². The van der Waals surface area contributed by atoms with E-state index in [1.807, 2.05) is 20.8 Å². The fraction of sp³-hybridized carbons (Fsp3) is 0.515. The highest BCUT2D eigenvalue weighted by Crippen LogP contribution is 2.55. The van der Waals surface area contributed by atoms with Crippen LogP contribution in [0.25, 0.3) is 0 Å². The van der Waals surface area contributed by atoms with Crippen molar-refractivity contribution >= 4 is 23.6 Å². The fourth-order valence-electron chi connectivity index (χ4n) is 6.07. The van der Waals surface area contributed by atoms with Gasteiger partial charge in [-0.25, -0.2) is 9.78 Å². The summed E-state index contributed by atoms with van der Waals surface area (Å²) in [5.41, 5.74) is 0.205. The average molecular weight is 606 g/mol. The van der Waals surface area contributed by atoms with Gasteiger partial charge in [0, 0.05) is 55.3 Å². The molecule has 0 unspecified atom stereocenters. The standard InChI is InChI=1S/C33H40ClN5O4/c1-31(2,3)43-30(41)39-17-15-38(16-18-39)14-8-9-24-12-10-23(21-36-24)27(40)37-28-32(4,5)29(33(28,6)7)42-25-13-11-22(20-35)26(34)19-25/h10-13,19,21,28-29H,14-18H2,1-7H3,(H,37,40). The third-order valence-corrected chi connectivity index (χ3v) is 8.31. The number of benzene rings is 1. The Kier molecular flexibility index (Phi) is 9.30. The lowest BCUT2D eigenvalue weighted by atomic mass is 9.49. The second kappa shape index (κ2) is 12.4. The van der Waals surface area contributed by atoms with Crippen LogP contribution in [0, 0.1) is 34.0 Å². The van der Waals surface area contributed by atoms with Crippen LogP contribution in [0.15, 0.2) is 36.5 Å². The maximum atomic E-state index is 13.2. The van der Waals surface area contributed by atoms with Crippen molar-refractivity contribution in [2.75, 3.05) is 32.7 Å². The van der Waals surface area contributed by atoms with Gasteiger partial charge in [0.15, 0.2) is 0 Å². The van der Waals surface area contributed by atoms with Gasteiger partial charge in [-0.2, -0.15) is 5.26 Å². The summed E-state index contributed by atoms with van der Waals surface area (Å²) in [6, 6.07) is 10.4. The van der Waals surface area contributed by atoms with E-state index in [1.165, 1.54) is 0 Å². The maximum Gasteiger partial charge on any atom is 0.410 e. The molecule has 1 aromatic heterocycles. The lowest BCUT2D eigenvalue weighted by molar-refractivity contribution is -0.164. The van der Waals surface area contributed by atoms with Crippen molar-refractivity contribution in [3.63, 3.8) is 0 Å². The lowest BCUT2D eigenvalue weighted by Gasteiger charge is -2.63. The van der Waals surface area contributed by atoms with Crippen molar-refractivity contribution in [2.45, 2.75) is 66.2 Å². The number of halogens is 1. The van der Waals surface area contributed by atoms with Gasteiger partial charge in [0.25, 0.3) is 5.91 Å². The Bertz CT molecular complexity index is 1440. The van der Waals surface area contributed by atoms with Crippen LogP contribution >= 0.6 is 11.6 Å². The molecule has 2 heterocycles. The van der Waals surface area contributed by atoms with Gasteiger partial charge in [-0.15, -0.1) is 0 Å². The SMILES string of the molecule is CC(C)(C)OC(=O)N1CCN(CC#Cc2ccc(C(=O)NC3C(C)(C)C(Oc4ccc(C#N)c(Cl)c4)C3(C)C)cn2)CC1. The second-order valence-electron chi connectivity index (χ2n) is 13.3. The molecule has 1 aliphatic carbocycles. The average Bonchev–Trinajstić information content (AvgIpc) is 2.94. The molecule has 1 saturated carbocycles. The third kappa shape index (κ3) is 7.41. The number of pyridine rings is 1. The number of piperazine rings is 1. The number of nitrogens with zero attached hydrogens (tertiary/aromatic N) is 4. The molecular weight excluding hydrogens is 566 g/mol. The van der Waals surface area contributed by atoms with E-state index in [0.29, 0.717) is 47.2 Å². The Morgan fingerprint density at radius 2 is 1.77 bits per heavy atom. The fourth-order valence-corrected chi connectivity index (χ4v) is 6.28. The minimum absolute atomic E-state index is 0.151. The largest absolute Gasteiger partial charge is 0.489 e. The summed E-state index contributed by atoms with van der Waals surface area (Å²) in [7, 11) is 0. The minimum Gasteiger partial charge on any atom is -0.489 e. The molecular formula is C33H40ClN5O4. The molecule has 4 rings (SSSR count). The molecule has 2 fully saturated rings. The van der Waals surface area contributed by atoms with Crippen LogP contribution in [-0.4, -0.2) is 77.3 Å². The molecule has 0 radical (unpaired) electrons. The summed E-state index contributed by atoms with van der Waals surface area (Å²) < 4.78 is 11.8. The summed E-state index contributed by atoms with van der Waals surface area (Å²) in [6.07, 6.45) is 1.08. The van der Waals surface area contributed by atoms with Crippen LogP contribution in [0.1, 0.15) is 70.1 Å². The number of nitrogens with one attached hydrogen (secondary N) is 1. The van der Waals surface area contributed by atoms with Crippen molar-refractivity contribution in [3.8, 4) is 23.7 Å². The number of amides is 2. The maximum absolute atomic E-state index is 13.2. The molecule has 9 nitrogen and oxygen atoms in total. The molecule has 1 saturated heterocycles. The van der Waals surface area contributed by atoms with Gasteiger partial charge in [0.2, 0.25) is 0 Å². The molecule has 0 atom stereocenters. The highest BCUT2D eigenvalue weighted by atomic mass is 35.5. The van der Waals surface area contributed by atoms with E-state index < -0.39 is 5.60 Å². The van der Waals surface area contributed by atoms with Gasteiger partial charge in [-0.1, -0.05) is 45.2 Å². The van der Waals surface area contributed by atoms with E-state index in [1.54, 1.807) is 41.4 Å². The van der Waals surface area contributed by atoms with Gasteiger partial charge in [-0.05, 0) is 51.0 Å². The number of ether oxygens (including phenoxy) is 2. The van der Waals surface area contributed by atoms with Crippen LogP contribution in [-0.2, 0) is 4.74 Å². The van der Waals surface area contributed by atoms with Crippen molar-refractivity contribution in [3.05, 3.63) is 58.4 Å². The predicted octanol–water partition coefficient (Wildman–Crippen LogP) is 5.12. The second-order valence-corrected chi connectivity index (χ2v) is 13.7. The normalized spacial score (nSPS) is 21.0. The molecule has 0 bridgehead atoms. The van der Waals surface area contributed by atoms with E-state index in [4.69, 9.17) is 26.3 Å². The highest BCUT2D eigenvalue weighted by molar-refractivity contribution is 6.31. The van der Waals surface area contributed by atoms with Crippen LogP contribution in [0.3, 0.4) is 0 Å². The molecule has 10 heteroatoms. The number of aromatic nitrogens is 1. The molecule has 1 aliphatic heterocycles. The van der Waals surface area contributed by atoms with Crippen LogP contribution in [0.5, 0.6) is 5.75 Å². The zero-order valence-electron chi connectivity index (χ0n) is 26.0. The molecule has 2 amide bonds.